The van der Waals surface area contributed by atoms with Crippen LogP contribution in [-0.4, -0.2) is 30.3 Å². The number of rotatable bonds is 5. The number of aromatic nitrogens is 2. The molecule has 0 bridgehead atoms. The van der Waals surface area contributed by atoms with Crippen LogP contribution in [0.25, 0.3) is 0 Å². The topological polar surface area (TPSA) is 93.7 Å². The van der Waals surface area contributed by atoms with Crippen LogP contribution >= 0.6 is 0 Å². The molecule has 1 aromatic heterocycles. The molecule has 0 saturated heterocycles. The monoisotopic (exact) mass is 221 g/mol. The number of allylic oxidation sites excluding steroid dienone is 1. The van der Waals surface area contributed by atoms with Crippen molar-refractivity contribution in [3.63, 3.8) is 0 Å². The number of hydrogen-bond donors (Lipinski definition) is 4. The van der Waals surface area contributed by atoms with Crippen molar-refractivity contribution < 1.29 is 0 Å². The van der Waals surface area contributed by atoms with Crippen LogP contribution in [-0.2, 0) is 6.42 Å². The maximum Gasteiger partial charge on any atom is 0.277 e. The first-order valence-corrected chi connectivity index (χ1v) is 4.84. The van der Waals surface area contributed by atoms with Gasteiger partial charge in [0.2, 0.25) is 5.95 Å². The van der Waals surface area contributed by atoms with E-state index in [1.165, 1.54) is 6.21 Å². The molecule has 4 N–H and O–H groups in total. The molecule has 1 aromatic rings. The Balaban J connectivity index is 2.93. The summed E-state index contributed by atoms with van der Waals surface area (Å²) in [6, 6.07) is 0. The zero-order valence-corrected chi connectivity index (χ0v) is 9.29. The molecule has 0 unspecified atom stereocenters. The second-order valence-corrected chi connectivity index (χ2v) is 3.16. The van der Waals surface area contributed by atoms with Gasteiger partial charge in [-0.3, -0.25) is 4.79 Å². The maximum absolute atomic E-state index is 11.6. The van der Waals surface area contributed by atoms with Gasteiger partial charge in [0, 0.05) is 44.7 Å². The van der Waals surface area contributed by atoms with Crippen LogP contribution in [0.1, 0.15) is 5.56 Å². The molecule has 0 radical (unpaired) electrons. The molecule has 86 valence electrons. The van der Waals surface area contributed by atoms with Gasteiger partial charge in [0.05, 0.1) is 0 Å². The van der Waals surface area contributed by atoms with Gasteiger partial charge in [0.25, 0.3) is 5.56 Å². The van der Waals surface area contributed by atoms with Crippen molar-refractivity contribution in [1.82, 2.24) is 15.3 Å². The standard InChI is InChI=1S/C10H15N5O/c1-12-5-7(4-11)3-8-6-14-10(13-2)15-9(8)16/h4-6,11-12H,3H2,1-2H3,(H2,13,14,15,16)/b7-5-,11-4?. The third kappa shape index (κ3) is 2.94. The molecular formula is C10H15N5O. The molecule has 0 aliphatic heterocycles. The smallest absolute Gasteiger partial charge is 0.277 e. The van der Waals surface area contributed by atoms with E-state index in [0.29, 0.717) is 23.5 Å². The summed E-state index contributed by atoms with van der Waals surface area (Å²) in [5, 5.41) is 12.8. The molecule has 0 amide bonds. The first-order valence-electron chi connectivity index (χ1n) is 4.84. The van der Waals surface area contributed by atoms with Crippen molar-refractivity contribution in [2.45, 2.75) is 6.42 Å². The minimum atomic E-state index is -0.285. The predicted molar refractivity (Wildman–Crippen MR) is 64.0 cm³/mol. The number of hydrogen-bond acceptors (Lipinski definition) is 5. The van der Waals surface area contributed by atoms with Crippen molar-refractivity contribution >= 4 is 12.2 Å². The van der Waals surface area contributed by atoms with E-state index in [-0.39, 0.29) is 5.56 Å². The lowest BCUT2D eigenvalue weighted by Crippen LogP contribution is -2.16. The van der Waals surface area contributed by atoms with Crippen LogP contribution in [0, 0.1) is 5.41 Å². The van der Waals surface area contributed by atoms with Gasteiger partial charge in [-0.25, -0.2) is 0 Å². The number of anilines is 1. The Morgan fingerprint density at radius 1 is 1.62 bits per heavy atom. The lowest BCUT2D eigenvalue weighted by Gasteiger charge is -2.03. The summed E-state index contributed by atoms with van der Waals surface area (Å²) in [5.41, 5.74) is 0.961. The molecule has 0 fully saturated rings. The van der Waals surface area contributed by atoms with E-state index in [2.05, 4.69) is 20.6 Å². The van der Waals surface area contributed by atoms with Gasteiger partial charge < -0.3 is 21.0 Å². The van der Waals surface area contributed by atoms with Crippen molar-refractivity contribution in [3.8, 4) is 0 Å². The van der Waals surface area contributed by atoms with Crippen LogP contribution in [0.15, 0.2) is 22.8 Å². The van der Waals surface area contributed by atoms with Crippen LogP contribution in [0.2, 0.25) is 0 Å². The highest BCUT2D eigenvalue weighted by atomic mass is 16.1. The van der Waals surface area contributed by atoms with E-state index in [1.54, 1.807) is 26.5 Å². The highest BCUT2D eigenvalue weighted by Crippen LogP contribution is 2.01. The predicted octanol–water partition coefficient (Wildman–Crippen LogP) is 0.107. The summed E-state index contributed by atoms with van der Waals surface area (Å²) >= 11 is 0. The summed E-state index contributed by atoms with van der Waals surface area (Å²) in [7, 11) is 3.43. The number of aromatic amines is 1. The SMILES string of the molecule is CN/C=C(\C=N)Cc1c[nH]c(NC)nc1=O. The summed E-state index contributed by atoms with van der Waals surface area (Å²) in [5.74, 6) is 0.433. The summed E-state index contributed by atoms with van der Waals surface area (Å²) < 4.78 is 0. The van der Waals surface area contributed by atoms with E-state index >= 15 is 0 Å². The van der Waals surface area contributed by atoms with Crippen LogP contribution in [0.3, 0.4) is 0 Å². The molecule has 0 spiro atoms. The van der Waals surface area contributed by atoms with Gasteiger partial charge in [0.1, 0.15) is 0 Å². The van der Waals surface area contributed by atoms with Gasteiger partial charge in [-0.15, -0.1) is 0 Å². The molecule has 0 atom stereocenters. The minimum Gasteiger partial charge on any atom is -0.394 e. The van der Waals surface area contributed by atoms with E-state index in [4.69, 9.17) is 5.41 Å². The van der Waals surface area contributed by atoms with Crippen LogP contribution in [0.4, 0.5) is 5.95 Å². The van der Waals surface area contributed by atoms with E-state index in [1.807, 2.05) is 0 Å². The molecular weight excluding hydrogens is 206 g/mol. The fourth-order valence-electron chi connectivity index (χ4n) is 1.23. The summed E-state index contributed by atoms with van der Waals surface area (Å²) in [4.78, 5) is 18.2. The molecule has 0 saturated carbocycles. The highest BCUT2D eigenvalue weighted by molar-refractivity contribution is 5.76. The lowest BCUT2D eigenvalue weighted by atomic mass is 10.1. The van der Waals surface area contributed by atoms with Crippen molar-refractivity contribution in [3.05, 3.63) is 33.9 Å². The highest BCUT2D eigenvalue weighted by Gasteiger charge is 2.04. The van der Waals surface area contributed by atoms with Gasteiger partial charge in [0.15, 0.2) is 0 Å². The van der Waals surface area contributed by atoms with Gasteiger partial charge in [-0.1, -0.05) is 0 Å². The van der Waals surface area contributed by atoms with Crippen molar-refractivity contribution in [2.24, 2.45) is 0 Å². The molecule has 0 aromatic carbocycles. The lowest BCUT2D eigenvalue weighted by molar-refractivity contribution is 1.01. The van der Waals surface area contributed by atoms with Crippen molar-refractivity contribution in [2.75, 3.05) is 19.4 Å². The van der Waals surface area contributed by atoms with Gasteiger partial charge in [-0.2, -0.15) is 4.98 Å². The Morgan fingerprint density at radius 2 is 2.38 bits per heavy atom. The van der Waals surface area contributed by atoms with Crippen LogP contribution in [0.5, 0.6) is 0 Å². The average molecular weight is 221 g/mol. The Labute approximate surface area is 93.3 Å². The van der Waals surface area contributed by atoms with Gasteiger partial charge >= 0.3 is 0 Å². The van der Waals surface area contributed by atoms with Crippen molar-refractivity contribution in [1.29, 1.82) is 5.41 Å². The average Bonchev–Trinajstić information content (AvgIpc) is 2.30. The fourth-order valence-corrected chi connectivity index (χ4v) is 1.23. The zero-order valence-electron chi connectivity index (χ0n) is 9.29. The summed E-state index contributed by atoms with van der Waals surface area (Å²) in [6.07, 6.45) is 4.88. The van der Waals surface area contributed by atoms with Gasteiger partial charge in [-0.05, 0) is 5.57 Å². The second kappa shape index (κ2) is 5.69. The Kier molecular flexibility index (Phi) is 4.26. The van der Waals surface area contributed by atoms with Crippen LogP contribution < -0.4 is 16.2 Å². The quantitative estimate of drug-likeness (QED) is 0.531. The van der Waals surface area contributed by atoms with E-state index in [9.17, 15) is 4.79 Å². The normalized spacial score (nSPS) is 11.0. The molecule has 6 nitrogen and oxygen atoms in total. The largest absolute Gasteiger partial charge is 0.394 e. The zero-order chi connectivity index (χ0) is 12.0. The third-order valence-corrected chi connectivity index (χ3v) is 2.02. The number of nitrogens with zero attached hydrogens (tertiary/aromatic N) is 1. The number of nitrogens with one attached hydrogen (secondary N) is 4. The first-order chi connectivity index (χ1) is 7.71. The molecule has 16 heavy (non-hydrogen) atoms. The molecule has 0 aliphatic rings. The third-order valence-electron chi connectivity index (χ3n) is 2.02. The Morgan fingerprint density at radius 3 is 2.88 bits per heavy atom. The molecule has 1 heterocycles. The molecule has 6 heteroatoms. The molecule has 1 rings (SSSR count). The minimum absolute atomic E-state index is 0.285. The maximum atomic E-state index is 11.6. The number of H-pyrrole nitrogens is 1. The van der Waals surface area contributed by atoms with E-state index < -0.39 is 0 Å². The first kappa shape index (κ1) is 12.0. The van der Waals surface area contributed by atoms with E-state index in [0.717, 1.165) is 0 Å². The fraction of sp³-hybridized carbons (Fsp3) is 0.300. The Bertz CT molecular complexity index is 449. The Hall–Kier alpha value is -2.11. The summed E-state index contributed by atoms with van der Waals surface area (Å²) in [6.45, 7) is 0. The molecule has 0 aliphatic carbocycles. The second-order valence-electron chi connectivity index (χ2n) is 3.16.